The van der Waals surface area contributed by atoms with E-state index in [0.29, 0.717) is 38.7 Å². The third-order valence-corrected chi connectivity index (χ3v) is 5.48. The Morgan fingerprint density at radius 3 is 2.56 bits per heavy atom. The maximum atomic E-state index is 13.3. The molecule has 0 saturated heterocycles. The SMILES string of the molecule is COc1ccc(NC(=O)COc2c(-c3ccccc3Cl)oc3cc(C)ccc3c2=O)c(OC)c1. The molecular weight excluding hydrogens is 458 g/mol. The number of anilines is 1. The van der Waals surface area contributed by atoms with E-state index >= 15 is 0 Å². The van der Waals surface area contributed by atoms with E-state index in [1.54, 1.807) is 60.7 Å². The van der Waals surface area contributed by atoms with E-state index in [-0.39, 0.29) is 11.5 Å². The number of rotatable bonds is 7. The molecule has 4 aromatic rings. The maximum absolute atomic E-state index is 13.3. The van der Waals surface area contributed by atoms with Gasteiger partial charge in [0.1, 0.15) is 17.1 Å². The molecule has 3 aromatic carbocycles. The van der Waals surface area contributed by atoms with Crippen molar-refractivity contribution in [2.45, 2.75) is 6.92 Å². The second kappa shape index (κ2) is 9.89. The second-order valence-electron chi connectivity index (χ2n) is 7.47. The number of carbonyl (C=O) groups excluding carboxylic acids is 1. The van der Waals surface area contributed by atoms with Crippen molar-refractivity contribution in [1.29, 1.82) is 0 Å². The van der Waals surface area contributed by atoms with Crippen molar-refractivity contribution in [2.24, 2.45) is 0 Å². The first kappa shape index (κ1) is 23.2. The van der Waals surface area contributed by atoms with E-state index in [1.165, 1.54) is 14.2 Å². The lowest BCUT2D eigenvalue weighted by Crippen LogP contribution is -2.23. The molecule has 0 aliphatic heterocycles. The Labute approximate surface area is 200 Å². The first-order chi connectivity index (χ1) is 16.4. The lowest BCUT2D eigenvalue weighted by atomic mass is 10.1. The van der Waals surface area contributed by atoms with Gasteiger partial charge in [-0.15, -0.1) is 0 Å². The van der Waals surface area contributed by atoms with Crippen LogP contribution >= 0.6 is 11.6 Å². The molecule has 0 spiro atoms. The number of amides is 1. The van der Waals surface area contributed by atoms with Crippen LogP contribution in [0.1, 0.15) is 5.56 Å². The molecule has 0 aliphatic rings. The maximum Gasteiger partial charge on any atom is 0.262 e. The number of fused-ring (bicyclic) bond motifs is 1. The molecule has 4 rings (SSSR count). The van der Waals surface area contributed by atoms with Crippen molar-refractivity contribution in [3.05, 3.63) is 81.5 Å². The first-order valence-corrected chi connectivity index (χ1v) is 10.8. The topological polar surface area (TPSA) is 87.0 Å². The molecule has 7 nitrogen and oxygen atoms in total. The average Bonchev–Trinajstić information content (AvgIpc) is 2.83. The zero-order chi connectivity index (χ0) is 24.2. The summed E-state index contributed by atoms with van der Waals surface area (Å²) in [4.78, 5) is 26.0. The molecule has 8 heteroatoms. The van der Waals surface area contributed by atoms with Crippen LogP contribution in [-0.2, 0) is 4.79 Å². The smallest absolute Gasteiger partial charge is 0.262 e. The molecule has 174 valence electrons. The molecule has 34 heavy (non-hydrogen) atoms. The highest BCUT2D eigenvalue weighted by Gasteiger charge is 2.21. The van der Waals surface area contributed by atoms with Crippen LogP contribution in [0, 0.1) is 6.92 Å². The lowest BCUT2D eigenvalue weighted by molar-refractivity contribution is -0.118. The van der Waals surface area contributed by atoms with Gasteiger partial charge >= 0.3 is 0 Å². The Morgan fingerprint density at radius 2 is 1.82 bits per heavy atom. The average molecular weight is 480 g/mol. The summed E-state index contributed by atoms with van der Waals surface area (Å²) in [5.41, 5.74) is 1.86. The van der Waals surface area contributed by atoms with E-state index in [9.17, 15) is 9.59 Å². The van der Waals surface area contributed by atoms with E-state index < -0.39 is 17.9 Å². The highest BCUT2D eigenvalue weighted by Crippen LogP contribution is 2.35. The standard InChI is InChI=1S/C26H22ClNO6/c1-15-8-10-18-21(12-15)34-25(17-6-4-5-7-19(17)27)26(24(18)30)33-14-23(29)28-20-11-9-16(31-2)13-22(20)32-3/h4-13H,14H2,1-3H3,(H,28,29). The van der Waals surface area contributed by atoms with Crippen molar-refractivity contribution in [2.75, 3.05) is 26.1 Å². The second-order valence-corrected chi connectivity index (χ2v) is 7.88. The van der Waals surface area contributed by atoms with Crippen LogP contribution in [0.5, 0.6) is 17.2 Å². The largest absolute Gasteiger partial charge is 0.497 e. The Morgan fingerprint density at radius 1 is 1.03 bits per heavy atom. The van der Waals surface area contributed by atoms with Crippen molar-refractivity contribution in [3.63, 3.8) is 0 Å². The third kappa shape index (κ3) is 4.70. The van der Waals surface area contributed by atoms with Crippen molar-refractivity contribution in [3.8, 4) is 28.6 Å². The van der Waals surface area contributed by atoms with Crippen molar-refractivity contribution in [1.82, 2.24) is 0 Å². The predicted molar refractivity (Wildman–Crippen MR) is 131 cm³/mol. The fourth-order valence-electron chi connectivity index (χ4n) is 3.46. The van der Waals surface area contributed by atoms with E-state index in [1.807, 2.05) is 6.92 Å². The highest BCUT2D eigenvalue weighted by molar-refractivity contribution is 6.33. The molecule has 0 unspecified atom stereocenters. The Hall–Kier alpha value is -3.97. The molecule has 1 N–H and O–H groups in total. The quantitative estimate of drug-likeness (QED) is 0.379. The molecule has 1 amide bonds. The van der Waals surface area contributed by atoms with Crippen LogP contribution in [0.4, 0.5) is 5.69 Å². The van der Waals surface area contributed by atoms with Gasteiger partial charge in [-0.1, -0.05) is 29.8 Å². The Kier molecular flexibility index (Phi) is 6.75. The monoisotopic (exact) mass is 479 g/mol. The fraction of sp³-hybridized carbons (Fsp3) is 0.154. The van der Waals surface area contributed by atoms with Crippen LogP contribution in [-0.4, -0.2) is 26.7 Å². The molecular formula is C26H22ClNO6. The summed E-state index contributed by atoms with van der Waals surface area (Å²) in [5, 5.41) is 3.44. The zero-order valence-corrected chi connectivity index (χ0v) is 19.6. The van der Waals surface area contributed by atoms with Crippen LogP contribution in [0.2, 0.25) is 5.02 Å². The Balaban J connectivity index is 1.68. The van der Waals surface area contributed by atoms with Gasteiger partial charge in [-0.3, -0.25) is 9.59 Å². The van der Waals surface area contributed by atoms with Gasteiger partial charge in [-0.2, -0.15) is 0 Å². The van der Waals surface area contributed by atoms with Gasteiger partial charge in [0, 0.05) is 11.6 Å². The molecule has 0 aliphatic carbocycles. The van der Waals surface area contributed by atoms with Gasteiger partial charge < -0.3 is 23.9 Å². The number of benzene rings is 3. The van der Waals surface area contributed by atoms with Gasteiger partial charge in [0.05, 0.1) is 30.3 Å². The number of halogens is 1. The number of ether oxygens (including phenoxy) is 3. The minimum atomic E-state index is -0.489. The van der Waals surface area contributed by atoms with Gasteiger partial charge in [-0.05, 0) is 48.9 Å². The first-order valence-electron chi connectivity index (χ1n) is 10.4. The van der Waals surface area contributed by atoms with Crippen LogP contribution in [0.25, 0.3) is 22.3 Å². The van der Waals surface area contributed by atoms with Crippen LogP contribution < -0.4 is 25.0 Å². The molecule has 0 bridgehead atoms. The van der Waals surface area contributed by atoms with E-state index in [0.717, 1.165) is 5.56 Å². The molecule has 1 heterocycles. The summed E-state index contributed by atoms with van der Waals surface area (Å²) in [5.74, 6) is 0.575. The number of carbonyl (C=O) groups is 1. The summed E-state index contributed by atoms with van der Waals surface area (Å²) < 4.78 is 22.3. The van der Waals surface area contributed by atoms with Crippen LogP contribution in [0.3, 0.4) is 0 Å². The number of methoxy groups -OCH3 is 2. The molecule has 0 fully saturated rings. The number of hydrogen-bond acceptors (Lipinski definition) is 6. The van der Waals surface area contributed by atoms with E-state index in [4.69, 9.17) is 30.2 Å². The molecule has 0 atom stereocenters. The number of aryl methyl sites for hydroxylation is 1. The van der Waals surface area contributed by atoms with Gasteiger partial charge in [0.25, 0.3) is 5.91 Å². The lowest BCUT2D eigenvalue weighted by Gasteiger charge is -2.14. The summed E-state index contributed by atoms with van der Waals surface area (Å²) >= 11 is 6.37. The zero-order valence-electron chi connectivity index (χ0n) is 18.8. The van der Waals surface area contributed by atoms with Gasteiger partial charge in [-0.25, -0.2) is 0 Å². The molecule has 0 radical (unpaired) electrons. The third-order valence-electron chi connectivity index (χ3n) is 5.16. The van der Waals surface area contributed by atoms with E-state index in [2.05, 4.69) is 5.32 Å². The summed E-state index contributed by atoms with van der Waals surface area (Å²) in [7, 11) is 3.02. The van der Waals surface area contributed by atoms with Crippen LogP contribution in [0.15, 0.2) is 69.9 Å². The summed E-state index contributed by atoms with van der Waals surface area (Å²) in [6.07, 6.45) is 0. The minimum Gasteiger partial charge on any atom is -0.497 e. The Bertz CT molecular complexity index is 1430. The van der Waals surface area contributed by atoms with Crippen molar-refractivity contribution < 1.29 is 23.4 Å². The minimum absolute atomic E-state index is 0.0960. The van der Waals surface area contributed by atoms with Gasteiger partial charge in [0.2, 0.25) is 11.2 Å². The molecule has 1 aromatic heterocycles. The molecule has 0 saturated carbocycles. The normalized spacial score (nSPS) is 10.7. The fourth-order valence-corrected chi connectivity index (χ4v) is 3.68. The number of hydrogen-bond donors (Lipinski definition) is 1. The summed E-state index contributed by atoms with van der Waals surface area (Å²) in [6.45, 7) is 1.46. The predicted octanol–water partition coefficient (Wildman–Crippen LogP) is 5.46. The number of nitrogens with one attached hydrogen (secondary N) is 1. The highest BCUT2D eigenvalue weighted by atomic mass is 35.5. The van der Waals surface area contributed by atoms with Crippen molar-refractivity contribution >= 4 is 34.2 Å². The summed E-state index contributed by atoms with van der Waals surface area (Å²) in [6, 6.07) is 17.2. The van der Waals surface area contributed by atoms with Gasteiger partial charge in [0.15, 0.2) is 12.4 Å².